The van der Waals surface area contributed by atoms with Crippen molar-refractivity contribution in [2.75, 3.05) is 11.6 Å². The number of hydrogen-bond donors (Lipinski definition) is 1. The van der Waals surface area contributed by atoms with Crippen LogP contribution in [0.2, 0.25) is 0 Å². The molecule has 0 fully saturated rings. The highest BCUT2D eigenvalue weighted by Gasteiger charge is 2.48. The zero-order chi connectivity index (χ0) is 17.2. The third-order valence-electron chi connectivity index (χ3n) is 3.46. The molecule has 1 aromatic rings. The number of carbonyl (C=O) groups is 2. The number of nitrogens with zero attached hydrogens (tertiary/aromatic N) is 3. The molecule has 0 radical (unpaired) electrons. The quantitative estimate of drug-likeness (QED) is 0.496. The highest BCUT2D eigenvalue weighted by atomic mass is 16.6. The van der Waals surface area contributed by atoms with Gasteiger partial charge in [-0.2, -0.15) is 5.10 Å². The van der Waals surface area contributed by atoms with Gasteiger partial charge in [0, 0.05) is 18.6 Å². The van der Waals surface area contributed by atoms with Crippen molar-refractivity contribution in [3.05, 3.63) is 34.4 Å². The van der Waals surface area contributed by atoms with Crippen LogP contribution in [0.1, 0.15) is 20.3 Å². The van der Waals surface area contributed by atoms with Gasteiger partial charge in [0.05, 0.1) is 17.2 Å². The lowest BCUT2D eigenvalue weighted by Gasteiger charge is -2.29. The lowest BCUT2D eigenvalue weighted by Crippen LogP contribution is -2.47. The molecule has 0 aromatic heterocycles. The summed E-state index contributed by atoms with van der Waals surface area (Å²) in [5.74, 6) is -1.90. The highest BCUT2D eigenvalue weighted by molar-refractivity contribution is 6.38. The molecule has 1 aromatic carbocycles. The van der Waals surface area contributed by atoms with E-state index in [0.29, 0.717) is 0 Å². The first kappa shape index (κ1) is 16.4. The van der Waals surface area contributed by atoms with E-state index in [0.717, 1.165) is 5.01 Å². The minimum absolute atomic E-state index is 0.0387. The molecule has 0 aliphatic carbocycles. The first-order chi connectivity index (χ1) is 10.8. The van der Waals surface area contributed by atoms with E-state index in [4.69, 9.17) is 4.74 Å². The number of rotatable bonds is 5. The van der Waals surface area contributed by atoms with E-state index < -0.39 is 22.4 Å². The van der Waals surface area contributed by atoms with Crippen LogP contribution in [0.3, 0.4) is 0 Å². The second-order valence-corrected chi connectivity index (χ2v) is 5.11. The number of ether oxygens (including phenoxy) is 1. The van der Waals surface area contributed by atoms with E-state index in [-0.39, 0.29) is 30.1 Å². The number of carbonyl (C=O) groups excluding carboxylic acids is 1. The highest BCUT2D eigenvalue weighted by Crippen LogP contribution is 2.35. The SMILES string of the molecule is CCOC(=O)C1=NN(c2cccc([N+](=O)[O-])c2)[C@](C)(C(=O)O)C1. The van der Waals surface area contributed by atoms with Gasteiger partial charge in [-0.25, -0.2) is 14.6 Å². The molecule has 0 saturated carbocycles. The van der Waals surface area contributed by atoms with E-state index >= 15 is 0 Å². The second kappa shape index (κ2) is 6.03. The maximum absolute atomic E-state index is 11.8. The molecule has 1 aliphatic rings. The molecule has 0 spiro atoms. The molecule has 2 rings (SSSR count). The lowest BCUT2D eigenvalue weighted by molar-refractivity contribution is -0.384. The van der Waals surface area contributed by atoms with Crippen molar-refractivity contribution < 1.29 is 24.4 Å². The van der Waals surface area contributed by atoms with Gasteiger partial charge in [-0.05, 0) is 19.9 Å². The van der Waals surface area contributed by atoms with E-state index in [1.165, 1.54) is 31.2 Å². The van der Waals surface area contributed by atoms with Crippen LogP contribution < -0.4 is 5.01 Å². The molecule has 9 nitrogen and oxygen atoms in total. The first-order valence-corrected chi connectivity index (χ1v) is 6.82. The van der Waals surface area contributed by atoms with E-state index in [2.05, 4.69) is 5.10 Å². The van der Waals surface area contributed by atoms with Gasteiger partial charge < -0.3 is 9.84 Å². The van der Waals surface area contributed by atoms with Crippen molar-refractivity contribution in [2.24, 2.45) is 5.10 Å². The van der Waals surface area contributed by atoms with Crippen LogP contribution in [0.15, 0.2) is 29.4 Å². The summed E-state index contributed by atoms with van der Waals surface area (Å²) in [6.45, 7) is 3.16. The van der Waals surface area contributed by atoms with Crippen LogP contribution in [-0.4, -0.2) is 39.8 Å². The van der Waals surface area contributed by atoms with E-state index in [1.54, 1.807) is 6.92 Å². The fourth-order valence-corrected chi connectivity index (χ4v) is 2.24. The number of benzene rings is 1. The Bertz CT molecular complexity index is 702. The number of hydrogen-bond acceptors (Lipinski definition) is 7. The normalized spacial score (nSPS) is 20.1. The maximum Gasteiger partial charge on any atom is 0.354 e. The minimum atomic E-state index is -1.53. The van der Waals surface area contributed by atoms with Gasteiger partial charge in [0.2, 0.25) is 0 Å². The predicted molar refractivity (Wildman–Crippen MR) is 80.3 cm³/mol. The molecule has 1 N–H and O–H groups in total. The molecule has 23 heavy (non-hydrogen) atoms. The Morgan fingerprint density at radius 1 is 1.52 bits per heavy atom. The predicted octanol–water partition coefficient (Wildman–Crippen LogP) is 1.57. The fourth-order valence-electron chi connectivity index (χ4n) is 2.24. The fraction of sp³-hybridized carbons (Fsp3) is 0.357. The summed E-state index contributed by atoms with van der Waals surface area (Å²) in [4.78, 5) is 33.8. The van der Waals surface area contributed by atoms with Crippen molar-refractivity contribution >= 4 is 29.0 Å². The van der Waals surface area contributed by atoms with E-state index in [1.807, 2.05) is 0 Å². The molecule has 0 unspecified atom stereocenters. The van der Waals surface area contributed by atoms with Gasteiger partial charge in [0.15, 0.2) is 5.54 Å². The number of nitro groups is 1. The second-order valence-electron chi connectivity index (χ2n) is 5.11. The zero-order valence-corrected chi connectivity index (χ0v) is 12.6. The van der Waals surface area contributed by atoms with Gasteiger partial charge in [0.25, 0.3) is 5.69 Å². The summed E-state index contributed by atoms with van der Waals surface area (Å²) in [7, 11) is 0. The Morgan fingerprint density at radius 2 is 2.22 bits per heavy atom. The molecule has 1 atom stereocenters. The van der Waals surface area contributed by atoms with Crippen LogP contribution in [0.4, 0.5) is 11.4 Å². The van der Waals surface area contributed by atoms with Crippen LogP contribution in [0.25, 0.3) is 0 Å². The lowest BCUT2D eigenvalue weighted by atomic mass is 9.95. The Kier molecular flexibility index (Phi) is 4.30. The largest absolute Gasteiger partial charge is 0.479 e. The molecule has 0 bridgehead atoms. The molecular weight excluding hydrogens is 306 g/mol. The van der Waals surface area contributed by atoms with Gasteiger partial charge in [-0.1, -0.05) is 6.07 Å². The topological polar surface area (TPSA) is 122 Å². The average molecular weight is 321 g/mol. The summed E-state index contributed by atoms with van der Waals surface area (Å²) < 4.78 is 4.85. The number of non-ortho nitro benzene ring substituents is 1. The molecule has 0 saturated heterocycles. The van der Waals surface area contributed by atoms with Gasteiger partial charge >= 0.3 is 11.9 Å². The Labute approximate surface area is 131 Å². The zero-order valence-electron chi connectivity index (χ0n) is 12.6. The van der Waals surface area contributed by atoms with E-state index in [9.17, 15) is 24.8 Å². The van der Waals surface area contributed by atoms with Gasteiger partial charge in [-0.15, -0.1) is 0 Å². The first-order valence-electron chi connectivity index (χ1n) is 6.82. The van der Waals surface area contributed by atoms with Crippen molar-refractivity contribution in [1.29, 1.82) is 0 Å². The van der Waals surface area contributed by atoms with Crippen LogP contribution in [0.5, 0.6) is 0 Å². The smallest absolute Gasteiger partial charge is 0.354 e. The summed E-state index contributed by atoms with van der Waals surface area (Å²) in [5.41, 5.74) is -1.56. The van der Waals surface area contributed by atoms with Crippen LogP contribution in [0, 0.1) is 10.1 Å². The minimum Gasteiger partial charge on any atom is -0.479 e. The number of anilines is 1. The van der Waals surface area contributed by atoms with Crippen LogP contribution in [-0.2, 0) is 14.3 Å². The van der Waals surface area contributed by atoms with Crippen molar-refractivity contribution in [3.8, 4) is 0 Å². The number of carboxylic acid groups (broad SMARTS) is 1. The molecule has 9 heteroatoms. The van der Waals surface area contributed by atoms with Crippen molar-refractivity contribution in [3.63, 3.8) is 0 Å². The van der Waals surface area contributed by atoms with Crippen LogP contribution >= 0.6 is 0 Å². The third kappa shape index (κ3) is 2.98. The number of nitro benzene ring substituents is 1. The van der Waals surface area contributed by atoms with Crippen molar-refractivity contribution in [1.82, 2.24) is 0 Å². The molecule has 1 heterocycles. The number of carboxylic acids is 1. The average Bonchev–Trinajstić information content (AvgIpc) is 2.87. The van der Waals surface area contributed by atoms with Gasteiger partial charge in [-0.3, -0.25) is 10.1 Å². The standard InChI is InChI=1S/C14H15N3O6/c1-3-23-12(18)11-8-14(2,13(19)20)16(15-11)9-5-4-6-10(7-9)17(21)22/h4-7H,3,8H2,1-2H3,(H,19,20)/t14-/m0/s1. The molecule has 122 valence electrons. The van der Waals surface area contributed by atoms with Crippen molar-refractivity contribution in [2.45, 2.75) is 25.8 Å². The van der Waals surface area contributed by atoms with Gasteiger partial charge in [0.1, 0.15) is 5.71 Å². The Morgan fingerprint density at radius 3 is 2.78 bits per heavy atom. The number of esters is 1. The summed E-state index contributed by atoms with van der Waals surface area (Å²) >= 11 is 0. The number of aliphatic carboxylic acids is 1. The Balaban J connectivity index is 2.47. The summed E-state index contributed by atoms with van der Waals surface area (Å²) in [6, 6.07) is 5.41. The number of hydrazone groups is 1. The summed E-state index contributed by atoms with van der Waals surface area (Å²) in [5, 5.41) is 25.5. The monoisotopic (exact) mass is 321 g/mol. The molecule has 1 aliphatic heterocycles. The maximum atomic E-state index is 11.8. The Hall–Kier alpha value is -2.97. The summed E-state index contributed by atoms with van der Waals surface area (Å²) in [6.07, 6.45) is -0.163. The third-order valence-corrected chi connectivity index (χ3v) is 3.46. The molecular formula is C14H15N3O6. The molecule has 0 amide bonds.